The van der Waals surface area contributed by atoms with Gasteiger partial charge in [-0.05, 0) is 81.0 Å². The highest BCUT2D eigenvalue weighted by Crippen LogP contribution is 2.42. The van der Waals surface area contributed by atoms with E-state index in [9.17, 15) is 14.4 Å². The van der Waals surface area contributed by atoms with Crippen LogP contribution < -0.4 is 29.7 Å². The predicted molar refractivity (Wildman–Crippen MR) is 157 cm³/mol. The number of carbonyl (C=O) groups is 3. The normalized spacial score (nSPS) is 11.8. The zero-order valence-electron chi connectivity index (χ0n) is 24.2. The van der Waals surface area contributed by atoms with E-state index in [1.165, 1.54) is 37.6 Å². The summed E-state index contributed by atoms with van der Waals surface area (Å²) in [4.78, 5) is 42.7. The molecule has 0 spiro atoms. The lowest BCUT2D eigenvalue weighted by Gasteiger charge is -2.35. The van der Waals surface area contributed by atoms with E-state index in [0.29, 0.717) is 33.4 Å². The van der Waals surface area contributed by atoms with Crippen molar-refractivity contribution >= 4 is 34.7 Å². The average Bonchev–Trinajstić information content (AvgIpc) is 3.45. The van der Waals surface area contributed by atoms with Crippen molar-refractivity contribution in [3.05, 3.63) is 69.4 Å². The van der Waals surface area contributed by atoms with Gasteiger partial charge in [-0.15, -0.1) is 11.3 Å². The number of carbonyl (C=O) groups excluding carboxylic acids is 3. The number of benzene rings is 2. The van der Waals surface area contributed by atoms with Gasteiger partial charge in [0.1, 0.15) is 6.04 Å². The van der Waals surface area contributed by atoms with Crippen LogP contribution in [0.4, 0.5) is 5.69 Å². The second kappa shape index (κ2) is 12.9. The summed E-state index contributed by atoms with van der Waals surface area (Å²) in [6.07, 6.45) is 0. The molecule has 0 fully saturated rings. The van der Waals surface area contributed by atoms with Gasteiger partial charge in [0.15, 0.2) is 11.5 Å². The second-order valence-electron chi connectivity index (χ2n) is 10.2. The summed E-state index contributed by atoms with van der Waals surface area (Å²) in [7, 11) is 4.46. The summed E-state index contributed by atoms with van der Waals surface area (Å²) < 4.78 is 16.6. The average molecular weight is 568 g/mol. The largest absolute Gasteiger partial charge is 0.493 e. The number of amides is 3. The van der Waals surface area contributed by atoms with Crippen LogP contribution in [0.2, 0.25) is 0 Å². The van der Waals surface area contributed by atoms with Crippen LogP contribution in [0, 0.1) is 13.8 Å². The SMILES string of the molecule is COc1cc(C(C(=O)NC(C)(C)C)N(C(=O)CNC(=O)c2cccs2)c2cccc(C)c2C)cc(OC)c1OC. The fourth-order valence-corrected chi connectivity index (χ4v) is 4.90. The molecule has 9 nitrogen and oxygen atoms in total. The van der Waals surface area contributed by atoms with Crippen LogP contribution in [0.1, 0.15) is 53.2 Å². The first-order valence-corrected chi connectivity index (χ1v) is 13.6. The van der Waals surface area contributed by atoms with Gasteiger partial charge in [-0.2, -0.15) is 0 Å². The van der Waals surface area contributed by atoms with Crippen molar-refractivity contribution in [2.75, 3.05) is 32.8 Å². The van der Waals surface area contributed by atoms with Gasteiger partial charge in [0.2, 0.25) is 17.6 Å². The van der Waals surface area contributed by atoms with Crippen molar-refractivity contribution in [2.45, 2.75) is 46.2 Å². The summed E-state index contributed by atoms with van der Waals surface area (Å²) in [6, 6.07) is 11.2. The van der Waals surface area contributed by atoms with Crippen molar-refractivity contribution in [3.8, 4) is 17.2 Å². The third kappa shape index (κ3) is 6.93. The molecule has 1 unspecified atom stereocenters. The molecule has 3 amide bonds. The minimum Gasteiger partial charge on any atom is -0.493 e. The summed E-state index contributed by atoms with van der Waals surface area (Å²) in [5.41, 5.74) is 2.15. The van der Waals surface area contributed by atoms with Gasteiger partial charge in [0, 0.05) is 11.2 Å². The van der Waals surface area contributed by atoms with Crippen LogP contribution in [0.15, 0.2) is 47.8 Å². The van der Waals surface area contributed by atoms with Crippen molar-refractivity contribution in [1.29, 1.82) is 0 Å². The Balaban J connectivity index is 2.21. The maximum atomic E-state index is 14.0. The standard InChI is InChI=1S/C30H37N3O6S/c1-18-11-9-12-21(19(18)2)33(25(34)17-31-28(35)24-13-10-14-40-24)26(29(36)32-30(3,4)5)20-15-22(37-6)27(39-8)23(16-20)38-7/h9-16,26H,17H2,1-8H3,(H,31,35)(H,32,36). The van der Waals surface area contributed by atoms with E-state index in [1.807, 2.05) is 46.8 Å². The van der Waals surface area contributed by atoms with Crippen LogP contribution in [-0.2, 0) is 9.59 Å². The van der Waals surface area contributed by atoms with E-state index >= 15 is 0 Å². The van der Waals surface area contributed by atoms with Gasteiger partial charge in [0.05, 0.1) is 32.8 Å². The molecule has 0 aliphatic carbocycles. The quantitative estimate of drug-likeness (QED) is 0.364. The Labute approximate surface area is 239 Å². The monoisotopic (exact) mass is 567 g/mol. The lowest BCUT2D eigenvalue weighted by molar-refractivity contribution is -0.127. The molecule has 1 atom stereocenters. The molecule has 40 heavy (non-hydrogen) atoms. The highest BCUT2D eigenvalue weighted by atomic mass is 32.1. The Kier molecular flexibility index (Phi) is 9.81. The maximum absolute atomic E-state index is 14.0. The highest BCUT2D eigenvalue weighted by Gasteiger charge is 2.36. The summed E-state index contributed by atoms with van der Waals surface area (Å²) in [5.74, 6) is -0.221. The Morgan fingerprint density at radius 1 is 0.950 bits per heavy atom. The zero-order chi connectivity index (χ0) is 29.6. The van der Waals surface area contributed by atoms with Gasteiger partial charge in [0.25, 0.3) is 5.91 Å². The number of nitrogens with zero attached hydrogens (tertiary/aromatic N) is 1. The van der Waals surface area contributed by atoms with Crippen molar-refractivity contribution in [2.24, 2.45) is 0 Å². The molecule has 2 aromatic carbocycles. The van der Waals surface area contributed by atoms with Crippen molar-refractivity contribution in [3.63, 3.8) is 0 Å². The van der Waals surface area contributed by atoms with Gasteiger partial charge < -0.3 is 24.8 Å². The number of hydrogen-bond acceptors (Lipinski definition) is 7. The molecular weight excluding hydrogens is 530 g/mol. The van der Waals surface area contributed by atoms with Crippen LogP contribution in [-0.4, -0.2) is 51.1 Å². The van der Waals surface area contributed by atoms with E-state index in [1.54, 1.807) is 35.7 Å². The molecular formula is C30H37N3O6S. The van der Waals surface area contributed by atoms with E-state index in [2.05, 4.69) is 10.6 Å². The van der Waals surface area contributed by atoms with E-state index < -0.39 is 23.4 Å². The van der Waals surface area contributed by atoms with Crippen molar-refractivity contribution in [1.82, 2.24) is 10.6 Å². The third-order valence-electron chi connectivity index (χ3n) is 6.26. The molecule has 0 aliphatic heterocycles. The van der Waals surface area contributed by atoms with Gasteiger partial charge in [-0.25, -0.2) is 0 Å². The number of methoxy groups -OCH3 is 3. The Morgan fingerprint density at radius 3 is 2.12 bits per heavy atom. The molecule has 2 N–H and O–H groups in total. The van der Waals surface area contributed by atoms with E-state index in [4.69, 9.17) is 14.2 Å². The predicted octanol–water partition coefficient (Wildman–Crippen LogP) is 4.81. The van der Waals surface area contributed by atoms with Crippen LogP contribution in [0.25, 0.3) is 0 Å². The summed E-state index contributed by atoms with van der Waals surface area (Å²) in [6.45, 7) is 9.09. The number of aryl methyl sites for hydroxylation is 1. The van der Waals surface area contributed by atoms with Crippen molar-refractivity contribution < 1.29 is 28.6 Å². The summed E-state index contributed by atoms with van der Waals surface area (Å²) >= 11 is 1.28. The number of rotatable bonds is 10. The number of ether oxygens (including phenoxy) is 3. The third-order valence-corrected chi connectivity index (χ3v) is 7.13. The molecule has 0 saturated carbocycles. The van der Waals surface area contributed by atoms with Gasteiger partial charge >= 0.3 is 0 Å². The number of hydrogen-bond donors (Lipinski definition) is 2. The second-order valence-corrected chi connectivity index (χ2v) is 11.2. The maximum Gasteiger partial charge on any atom is 0.261 e. The minimum atomic E-state index is -1.14. The van der Waals surface area contributed by atoms with Gasteiger partial charge in [-0.1, -0.05) is 18.2 Å². The molecule has 0 bridgehead atoms. The van der Waals surface area contributed by atoms with Gasteiger partial charge in [-0.3, -0.25) is 19.3 Å². The highest BCUT2D eigenvalue weighted by molar-refractivity contribution is 7.12. The fraction of sp³-hybridized carbons (Fsp3) is 0.367. The van der Waals surface area contributed by atoms with Crippen LogP contribution in [0.5, 0.6) is 17.2 Å². The zero-order valence-corrected chi connectivity index (χ0v) is 25.0. The number of thiophene rings is 1. The molecule has 3 aromatic rings. The topological polar surface area (TPSA) is 106 Å². The molecule has 214 valence electrons. The molecule has 0 saturated heterocycles. The van der Waals surface area contributed by atoms with E-state index in [-0.39, 0.29) is 12.5 Å². The summed E-state index contributed by atoms with van der Waals surface area (Å²) in [5, 5.41) is 7.51. The van der Waals surface area contributed by atoms with Crippen LogP contribution >= 0.6 is 11.3 Å². The molecule has 3 rings (SSSR count). The minimum absolute atomic E-state index is 0.326. The Bertz CT molecular complexity index is 1340. The van der Waals surface area contributed by atoms with E-state index in [0.717, 1.165) is 11.1 Å². The molecule has 1 aromatic heterocycles. The smallest absolute Gasteiger partial charge is 0.261 e. The first kappa shape index (κ1) is 30.5. The number of nitrogens with one attached hydrogen (secondary N) is 2. The first-order valence-electron chi connectivity index (χ1n) is 12.7. The Morgan fingerprint density at radius 2 is 1.60 bits per heavy atom. The lowest BCUT2D eigenvalue weighted by atomic mass is 9.98. The molecule has 10 heteroatoms. The first-order chi connectivity index (χ1) is 18.9. The number of anilines is 1. The molecule has 0 aliphatic rings. The molecule has 1 heterocycles. The molecule has 0 radical (unpaired) electrons. The Hall–Kier alpha value is -4.05. The fourth-order valence-electron chi connectivity index (χ4n) is 4.26. The lowest BCUT2D eigenvalue weighted by Crippen LogP contribution is -2.51. The van der Waals surface area contributed by atoms with Crippen LogP contribution in [0.3, 0.4) is 0 Å².